The van der Waals surface area contributed by atoms with E-state index in [-0.39, 0.29) is 5.91 Å². The zero-order chi connectivity index (χ0) is 16.1. The number of rotatable bonds is 5. The van der Waals surface area contributed by atoms with Gasteiger partial charge in [0.1, 0.15) is 12.4 Å². The number of hydrogen-bond acceptors (Lipinski definition) is 3. The van der Waals surface area contributed by atoms with Crippen LogP contribution in [0.25, 0.3) is 0 Å². The molecule has 0 bridgehead atoms. The summed E-state index contributed by atoms with van der Waals surface area (Å²) in [6.45, 7) is 1.60. The summed E-state index contributed by atoms with van der Waals surface area (Å²) in [5.74, 6) is 0.458. The van der Waals surface area contributed by atoms with Gasteiger partial charge in [-0.3, -0.25) is 4.79 Å². The predicted octanol–water partition coefficient (Wildman–Crippen LogP) is 2.80. The maximum Gasteiger partial charge on any atom is 0.228 e. The lowest BCUT2D eigenvalue weighted by molar-refractivity contribution is -0.127. The smallest absolute Gasteiger partial charge is 0.228 e. The van der Waals surface area contributed by atoms with Gasteiger partial charge in [-0.25, -0.2) is 0 Å². The lowest BCUT2D eigenvalue weighted by atomic mass is 9.73. The van der Waals surface area contributed by atoms with Gasteiger partial charge >= 0.3 is 0 Å². The van der Waals surface area contributed by atoms with E-state index in [0.29, 0.717) is 32.7 Å². The molecule has 0 aromatic heterocycles. The quantitative estimate of drug-likeness (QED) is 0.923. The van der Waals surface area contributed by atoms with E-state index in [1.54, 1.807) is 0 Å². The highest BCUT2D eigenvalue weighted by atomic mass is 16.5. The first kappa shape index (κ1) is 15.6. The minimum Gasteiger partial charge on any atom is -0.489 e. The van der Waals surface area contributed by atoms with Crippen LogP contribution < -0.4 is 10.5 Å². The second kappa shape index (κ2) is 6.84. The molecule has 1 fully saturated rings. The van der Waals surface area contributed by atoms with Crippen LogP contribution in [-0.2, 0) is 21.6 Å². The molecule has 2 N–H and O–H groups in total. The van der Waals surface area contributed by atoms with Crippen molar-refractivity contribution >= 4 is 5.91 Å². The highest BCUT2D eigenvalue weighted by molar-refractivity contribution is 5.87. The average molecular weight is 311 g/mol. The number of hydrogen-bond donors (Lipinski definition) is 1. The third-order valence-corrected chi connectivity index (χ3v) is 4.45. The van der Waals surface area contributed by atoms with Crippen molar-refractivity contribution in [1.82, 2.24) is 0 Å². The third-order valence-electron chi connectivity index (χ3n) is 4.45. The van der Waals surface area contributed by atoms with Crippen LogP contribution in [0.1, 0.15) is 24.0 Å². The van der Waals surface area contributed by atoms with Gasteiger partial charge in [0.15, 0.2) is 0 Å². The Kier molecular flexibility index (Phi) is 4.63. The molecule has 23 heavy (non-hydrogen) atoms. The highest BCUT2D eigenvalue weighted by Gasteiger charge is 2.40. The van der Waals surface area contributed by atoms with E-state index >= 15 is 0 Å². The Labute approximate surface area is 136 Å². The molecular formula is C19H21NO3. The van der Waals surface area contributed by atoms with Crippen LogP contribution in [0.15, 0.2) is 54.6 Å². The number of carbonyl (C=O) groups is 1. The van der Waals surface area contributed by atoms with Crippen molar-refractivity contribution in [2.24, 2.45) is 5.73 Å². The second-order valence-corrected chi connectivity index (χ2v) is 5.86. The fourth-order valence-corrected chi connectivity index (χ4v) is 3.02. The number of ether oxygens (including phenoxy) is 2. The Morgan fingerprint density at radius 3 is 2.52 bits per heavy atom. The number of primary amides is 1. The molecule has 1 heterocycles. The van der Waals surface area contributed by atoms with Crippen molar-refractivity contribution in [1.29, 1.82) is 0 Å². The average Bonchev–Trinajstić information content (AvgIpc) is 2.61. The largest absolute Gasteiger partial charge is 0.489 e. The van der Waals surface area contributed by atoms with Gasteiger partial charge in [-0.15, -0.1) is 0 Å². The van der Waals surface area contributed by atoms with E-state index in [1.165, 1.54) is 0 Å². The molecule has 2 aromatic rings. The summed E-state index contributed by atoms with van der Waals surface area (Å²) in [6.07, 6.45) is 1.23. The molecule has 0 saturated carbocycles. The Hall–Kier alpha value is -2.33. The topological polar surface area (TPSA) is 61.6 Å². The molecule has 4 heteroatoms. The molecule has 1 aliphatic rings. The number of nitrogens with two attached hydrogens (primary N) is 1. The summed E-state index contributed by atoms with van der Waals surface area (Å²) in [6, 6.07) is 17.7. The molecule has 0 radical (unpaired) electrons. The molecule has 120 valence electrons. The molecule has 2 aromatic carbocycles. The molecule has 1 saturated heterocycles. The van der Waals surface area contributed by atoms with Crippen LogP contribution in [0.2, 0.25) is 0 Å². The van der Waals surface area contributed by atoms with Gasteiger partial charge in [0.25, 0.3) is 0 Å². The van der Waals surface area contributed by atoms with Crippen molar-refractivity contribution in [3.8, 4) is 5.75 Å². The molecule has 1 amide bonds. The normalized spacial score (nSPS) is 16.7. The summed E-state index contributed by atoms with van der Waals surface area (Å²) in [5.41, 5.74) is 7.09. The van der Waals surface area contributed by atoms with Crippen molar-refractivity contribution in [3.63, 3.8) is 0 Å². The molecule has 1 aliphatic heterocycles. The van der Waals surface area contributed by atoms with E-state index in [4.69, 9.17) is 15.2 Å². The van der Waals surface area contributed by atoms with E-state index in [2.05, 4.69) is 0 Å². The third kappa shape index (κ3) is 3.37. The Morgan fingerprint density at radius 1 is 1.09 bits per heavy atom. The first-order valence-corrected chi connectivity index (χ1v) is 7.86. The minimum atomic E-state index is -0.648. The van der Waals surface area contributed by atoms with Gasteiger partial charge in [-0.05, 0) is 36.1 Å². The summed E-state index contributed by atoms with van der Waals surface area (Å²) >= 11 is 0. The zero-order valence-corrected chi connectivity index (χ0v) is 13.0. The Balaban J connectivity index is 1.80. The van der Waals surface area contributed by atoms with Crippen LogP contribution in [0.5, 0.6) is 5.75 Å². The molecule has 0 spiro atoms. The fourth-order valence-electron chi connectivity index (χ4n) is 3.02. The summed E-state index contributed by atoms with van der Waals surface area (Å²) in [5, 5.41) is 0. The van der Waals surface area contributed by atoms with Crippen LogP contribution in [0, 0.1) is 0 Å². The van der Waals surface area contributed by atoms with Gasteiger partial charge in [-0.1, -0.05) is 42.5 Å². The first-order valence-electron chi connectivity index (χ1n) is 7.86. The van der Waals surface area contributed by atoms with Crippen molar-refractivity contribution in [2.45, 2.75) is 24.9 Å². The van der Waals surface area contributed by atoms with Crippen molar-refractivity contribution in [3.05, 3.63) is 65.7 Å². The van der Waals surface area contributed by atoms with Gasteiger partial charge < -0.3 is 15.2 Å². The molecule has 0 atom stereocenters. The Bertz CT molecular complexity index is 663. The van der Waals surface area contributed by atoms with Crippen LogP contribution >= 0.6 is 0 Å². The lowest BCUT2D eigenvalue weighted by Crippen LogP contribution is -2.45. The summed E-state index contributed by atoms with van der Waals surface area (Å²) < 4.78 is 11.3. The van der Waals surface area contributed by atoms with Gasteiger partial charge in [0.05, 0.1) is 5.41 Å². The molecule has 0 aliphatic carbocycles. The summed E-state index contributed by atoms with van der Waals surface area (Å²) in [7, 11) is 0. The second-order valence-electron chi connectivity index (χ2n) is 5.86. The van der Waals surface area contributed by atoms with Crippen LogP contribution in [0.3, 0.4) is 0 Å². The van der Waals surface area contributed by atoms with E-state index in [1.807, 2.05) is 54.6 Å². The number of carbonyl (C=O) groups excluding carboxylic acids is 1. The van der Waals surface area contributed by atoms with Gasteiger partial charge in [-0.2, -0.15) is 0 Å². The number of benzene rings is 2. The standard InChI is InChI=1S/C19H21NO3/c20-18(21)19(9-11-22-12-10-19)16-7-4-8-17(13-16)23-14-15-5-2-1-3-6-15/h1-8,13H,9-12,14H2,(H2,20,21). The number of amides is 1. The van der Waals surface area contributed by atoms with Crippen molar-refractivity contribution < 1.29 is 14.3 Å². The van der Waals surface area contributed by atoms with E-state index in [0.717, 1.165) is 16.9 Å². The predicted molar refractivity (Wildman–Crippen MR) is 88.1 cm³/mol. The van der Waals surface area contributed by atoms with Crippen molar-refractivity contribution in [2.75, 3.05) is 13.2 Å². The maximum atomic E-state index is 12.1. The first-order chi connectivity index (χ1) is 11.2. The fraction of sp³-hybridized carbons (Fsp3) is 0.316. The molecule has 0 unspecified atom stereocenters. The van der Waals surface area contributed by atoms with Gasteiger partial charge in [0, 0.05) is 13.2 Å². The summed E-state index contributed by atoms with van der Waals surface area (Å²) in [4.78, 5) is 12.1. The SMILES string of the molecule is NC(=O)C1(c2cccc(OCc3ccccc3)c2)CCOCC1. The van der Waals surface area contributed by atoms with Crippen LogP contribution in [0.4, 0.5) is 0 Å². The highest BCUT2D eigenvalue weighted by Crippen LogP contribution is 2.36. The monoisotopic (exact) mass is 311 g/mol. The lowest BCUT2D eigenvalue weighted by Gasteiger charge is -2.34. The molecule has 4 nitrogen and oxygen atoms in total. The van der Waals surface area contributed by atoms with Gasteiger partial charge in [0.2, 0.25) is 5.91 Å². The zero-order valence-electron chi connectivity index (χ0n) is 13.0. The molecule has 3 rings (SSSR count). The van der Waals surface area contributed by atoms with Crippen LogP contribution in [-0.4, -0.2) is 19.1 Å². The molecular weight excluding hydrogens is 290 g/mol. The van der Waals surface area contributed by atoms with E-state index < -0.39 is 5.41 Å². The minimum absolute atomic E-state index is 0.291. The maximum absolute atomic E-state index is 12.1. The van der Waals surface area contributed by atoms with E-state index in [9.17, 15) is 4.79 Å². The Morgan fingerprint density at radius 2 is 1.83 bits per heavy atom.